The maximum Gasteiger partial charge on any atom is 0.0579 e. The Kier molecular flexibility index (Phi) is 5.48. The van der Waals surface area contributed by atoms with Gasteiger partial charge >= 0.3 is 0 Å². The summed E-state index contributed by atoms with van der Waals surface area (Å²) >= 11 is 9.87. The number of aryl methyl sites for hydroxylation is 3. The van der Waals surface area contributed by atoms with Crippen LogP contribution in [0.15, 0.2) is 34.8 Å². The van der Waals surface area contributed by atoms with Gasteiger partial charge in [0.05, 0.1) is 6.04 Å². The molecular formula is C18H21BrClN. The Morgan fingerprint density at radius 1 is 1.05 bits per heavy atom. The second kappa shape index (κ2) is 6.95. The lowest BCUT2D eigenvalue weighted by atomic mass is 9.93. The van der Waals surface area contributed by atoms with Crippen LogP contribution in [0.3, 0.4) is 0 Å². The Hall–Kier alpha value is -0.830. The van der Waals surface area contributed by atoms with Crippen molar-refractivity contribution in [1.29, 1.82) is 0 Å². The van der Waals surface area contributed by atoms with Crippen molar-refractivity contribution < 1.29 is 0 Å². The second-order valence-electron chi connectivity index (χ2n) is 5.46. The molecule has 0 spiro atoms. The first-order valence-electron chi connectivity index (χ1n) is 7.20. The van der Waals surface area contributed by atoms with Crippen molar-refractivity contribution in [2.75, 3.05) is 6.54 Å². The molecule has 0 aliphatic carbocycles. The fourth-order valence-electron chi connectivity index (χ4n) is 2.51. The Balaban J connectivity index is 2.52. The molecule has 1 N–H and O–H groups in total. The van der Waals surface area contributed by atoms with Gasteiger partial charge in [-0.15, -0.1) is 0 Å². The van der Waals surface area contributed by atoms with Crippen LogP contribution in [0.25, 0.3) is 0 Å². The van der Waals surface area contributed by atoms with Crippen LogP contribution in [-0.4, -0.2) is 6.54 Å². The van der Waals surface area contributed by atoms with E-state index in [4.69, 9.17) is 11.6 Å². The van der Waals surface area contributed by atoms with Gasteiger partial charge in [0, 0.05) is 9.50 Å². The highest BCUT2D eigenvalue weighted by atomic mass is 79.9. The van der Waals surface area contributed by atoms with E-state index in [1.165, 1.54) is 22.3 Å². The van der Waals surface area contributed by atoms with E-state index in [9.17, 15) is 0 Å². The minimum absolute atomic E-state index is 0.183. The summed E-state index contributed by atoms with van der Waals surface area (Å²) in [5.74, 6) is 0. The molecule has 0 amide bonds. The summed E-state index contributed by atoms with van der Waals surface area (Å²) in [5, 5.41) is 4.42. The third-order valence-corrected chi connectivity index (χ3v) is 5.06. The highest BCUT2D eigenvalue weighted by Crippen LogP contribution is 2.31. The van der Waals surface area contributed by atoms with Gasteiger partial charge in [-0.2, -0.15) is 0 Å². The van der Waals surface area contributed by atoms with Crippen molar-refractivity contribution in [2.24, 2.45) is 0 Å². The molecule has 0 aromatic heterocycles. The minimum Gasteiger partial charge on any atom is -0.307 e. The van der Waals surface area contributed by atoms with E-state index in [-0.39, 0.29) is 6.04 Å². The molecule has 21 heavy (non-hydrogen) atoms. The summed E-state index contributed by atoms with van der Waals surface area (Å²) in [5.41, 5.74) is 6.13. The molecule has 0 saturated heterocycles. The first-order chi connectivity index (χ1) is 9.93. The Labute approximate surface area is 140 Å². The first-order valence-corrected chi connectivity index (χ1v) is 8.37. The van der Waals surface area contributed by atoms with Gasteiger partial charge in [0.15, 0.2) is 0 Å². The van der Waals surface area contributed by atoms with E-state index in [1.54, 1.807) is 0 Å². The number of nitrogens with one attached hydrogen (secondary N) is 1. The molecule has 0 aliphatic rings. The molecular weight excluding hydrogens is 346 g/mol. The van der Waals surface area contributed by atoms with E-state index >= 15 is 0 Å². The molecule has 2 rings (SSSR count). The molecule has 0 bridgehead atoms. The van der Waals surface area contributed by atoms with Crippen LogP contribution < -0.4 is 5.32 Å². The summed E-state index contributed by atoms with van der Waals surface area (Å²) < 4.78 is 1.14. The summed E-state index contributed by atoms with van der Waals surface area (Å²) in [6, 6.07) is 11.0. The Morgan fingerprint density at radius 3 is 2.38 bits per heavy atom. The minimum atomic E-state index is 0.183. The SMILES string of the molecule is CCNC(c1ccc(C)c(Br)c1)c1cc(C)c(Cl)cc1C. The van der Waals surface area contributed by atoms with Gasteiger partial charge in [-0.25, -0.2) is 0 Å². The average molecular weight is 367 g/mol. The topological polar surface area (TPSA) is 12.0 Å². The molecule has 0 heterocycles. The molecule has 1 nitrogen and oxygen atoms in total. The lowest BCUT2D eigenvalue weighted by molar-refractivity contribution is 0.627. The van der Waals surface area contributed by atoms with Crippen molar-refractivity contribution in [3.8, 4) is 0 Å². The van der Waals surface area contributed by atoms with Crippen LogP contribution in [0.1, 0.15) is 40.8 Å². The van der Waals surface area contributed by atoms with Gasteiger partial charge < -0.3 is 5.32 Å². The second-order valence-corrected chi connectivity index (χ2v) is 6.72. The van der Waals surface area contributed by atoms with E-state index < -0.39 is 0 Å². The molecule has 1 unspecified atom stereocenters. The lowest BCUT2D eigenvalue weighted by Crippen LogP contribution is -2.23. The average Bonchev–Trinajstić information content (AvgIpc) is 2.44. The molecule has 112 valence electrons. The molecule has 0 fully saturated rings. The molecule has 0 aliphatic heterocycles. The quantitative estimate of drug-likeness (QED) is 0.729. The molecule has 0 radical (unpaired) electrons. The van der Waals surface area contributed by atoms with Gasteiger partial charge in [-0.3, -0.25) is 0 Å². The fraction of sp³-hybridized carbons (Fsp3) is 0.333. The third-order valence-electron chi connectivity index (χ3n) is 3.80. The maximum absolute atomic E-state index is 6.23. The van der Waals surface area contributed by atoms with Gasteiger partial charge in [0.25, 0.3) is 0 Å². The molecule has 2 aromatic rings. The smallest absolute Gasteiger partial charge is 0.0579 e. The first kappa shape index (κ1) is 16.5. The van der Waals surface area contributed by atoms with Gasteiger partial charge in [-0.1, -0.05) is 52.7 Å². The monoisotopic (exact) mass is 365 g/mol. The van der Waals surface area contributed by atoms with Crippen molar-refractivity contribution in [3.05, 3.63) is 67.6 Å². The van der Waals surface area contributed by atoms with Gasteiger partial charge in [0.2, 0.25) is 0 Å². The van der Waals surface area contributed by atoms with Crippen LogP contribution in [0.5, 0.6) is 0 Å². The zero-order chi connectivity index (χ0) is 15.6. The van der Waals surface area contributed by atoms with Crippen LogP contribution >= 0.6 is 27.5 Å². The van der Waals surface area contributed by atoms with Crippen LogP contribution in [-0.2, 0) is 0 Å². The normalized spacial score (nSPS) is 12.5. The number of halogens is 2. The predicted molar refractivity (Wildman–Crippen MR) is 95.3 cm³/mol. The largest absolute Gasteiger partial charge is 0.307 e. The van der Waals surface area contributed by atoms with Crippen LogP contribution in [0.2, 0.25) is 5.02 Å². The lowest BCUT2D eigenvalue weighted by Gasteiger charge is -2.22. The summed E-state index contributed by atoms with van der Waals surface area (Å²) in [6.07, 6.45) is 0. The molecule has 0 saturated carbocycles. The van der Waals surface area contributed by atoms with Gasteiger partial charge in [0.1, 0.15) is 0 Å². The van der Waals surface area contributed by atoms with Crippen LogP contribution in [0, 0.1) is 20.8 Å². The van der Waals surface area contributed by atoms with E-state index in [2.05, 4.69) is 79.3 Å². The summed E-state index contributed by atoms with van der Waals surface area (Å²) in [7, 11) is 0. The number of hydrogen-bond donors (Lipinski definition) is 1. The van der Waals surface area contributed by atoms with Crippen molar-refractivity contribution >= 4 is 27.5 Å². The fourth-order valence-corrected chi connectivity index (χ4v) is 3.13. The number of hydrogen-bond acceptors (Lipinski definition) is 1. The molecule has 3 heteroatoms. The van der Waals surface area contributed by atoms with E-state index in [0.717, 1.165) is 21.6 Å². The number of benzene rings is 2. The summed E-state index contributed by atoms with van der Waals surface area (Å²) in [4.78, 5) is 0. The highest BCUT2D eigenvalue weighted by molar-refractivity contribution is 9.10. The standard InChI is InChI=1S/C18H21BrClN/c1-5-21-18(14-7-6-11(2)16(19)10-14)15-8-13(4)17(20)9-12(15)3/h6-10,18,21H,5H2,1-4H3. The Morgan fingerprint density at radius 2 is 1.76 bits per heavy atom. The van der Waals surface area contributed by atoms with Crippen molar-refractivity contribution in [3.63, 3.8) is 0 Å². The van der Waals surface area contributed by atoms with Crippen LogP contribution in [0.4, 0.5) is 0 Å². The van der Waals surface area contributed by atoms with Crippen molar-refractivity contribution in [1.82, 2.24) is 5.32 Å². The Bertz CT molecular complexity index is 652. The zero-order valence-electron chi connectivity index (χ0n) is 12.9. The highest BCUT2D eigenvalue weighted by Gasteiger charge is 2.17. The van der Waals surface area contributed by atoms with E-state index in [0.29, 0.717) is 0 Å². The third kappa shape index (κ3) is 3.68. The maximum atomic E-state index is 6.23. The van der Waals surface area contributed by atoms with Crippen molar-refractivity contribution in [2.45, 2.75) is 33.7 Å². The van der Waals surface area contributed by atoms with E-state index in [1.807, 2.05) is 0 Å². The predicted octanol–water partition coefficient (Wildman–Crippen LogP) is 5.73. The molecule has 2 aromatic carbocycles. The van der Waals surface area contributed by atoms with Gasteiger partial charge in [-0.05, 0) is 67.3 Å². The number of rotatable bonds is 4. The molecule has 1 atom stereocenters. The summed E-state index contributed by atoms with van der Waals surface area (Å²) in [6.45, 7) is 9.33. The zero-order valence-corrected chi connectivity index (χ0v) is 15.3.